The topological polar surface area (TPSA) is 38.7 Å². The lowest BCUT2D eigenvalue weighted by atomic mass is 10.0. The third-order valence-electron chi connectivity index (χ3n) is 2.71. The Morgan fingerprint density at radius 1 is 1.31 bits per heavy atom. The molecule has 0 spiro atoms. The second-order valence-corrected chi connectivity index (χ2v) is 4.52. The minimum Gasteiger partial charge on any atom is -0.486 e. The molecule has 0 aromatic heterocycles. The Kier molecular flexibility index (Phi) is 3.71. The Labute approximate surface area is 104 Å². The van der Waals surface area contributed by atoms with Crippen LogP contribution in [0.15, 0.2) is 10.5 Å². The molecule has 1 N–H and O–H groups in total. The van der Waals surface area contributed by atoms with Crippen LogP contribution in [0.25, 0.3) is 0 Å². The second-order valence-electron chi connectivity index (χ2n) is 3.67. The van der Waals surface area contributed by atoms with E-state index in [2.05, 4.69) is 22.9 Å². The molecule has 4 heteroatoms. The molecule has 0 radical (unpaired) electrons. The van der Waals surface area contributed by atoms with Crippen molar-refractivity contribution < 1.29 is 14.6 Å². The van der Waals surface area contributed by atoms with E-state index < -0.39 is 0 Å². The van der Waals surface area contributed by atoms with Gasteiger partial charge in [0, 0.05) is 16.6 Å². The monoisotopic (exact) mass is 286 g/mol. The average molecular weight is 287 g/mol. The summed E-state index contributed by atoms with van der Waals surface area (Å²) < 4.78 is 12.2. The first-order valence-electron chi connectivity index (χ1n) is 5.48. The van der Waals surface area contributed by atoms with Gasteiger partial charge in [0.25, 0.3) is 0 Å². The molecule has 0 saturated carbocycles. The van der Waals surface area contributed by atoms with E-state index in [0.29, 0.717) is 19.6 Å². The van der Waals surface area contributed by atoms with Crippen molar-refractivity contribution in [2.24, 2.45) is 0 Å². The van der Waals surface area contributed by atoms with Gasteiger partial charge in [0.2, 0.25) is 0 Å². The van der Waals surface area contributed by atoms with Crippen molar-refractivity contribution in [2.75, 3.05) is 19.8 Å². The molecule has 1 aliphatic heterocycles. The van der Waals surface area contributed by atoms with Crippen LogP contribution < -0.4 is 9.47 Å². The minimum absolute atomic E-state index is 0.144. The van der Waals surface area contributed by atoms with Crippen LogP contribution in [0.4, 0.5) is 0 Å². The first-order chi connectivity index (χ1) is 7.77. The van der Waals surface area contributed by atoms with E-state index in [-0.39, 0.29) is 6.61 Å². The molecule has 2 rings (SSSR count). The normalized spacial score (nSPS) is 13.9. The predicted molar refractivity (Wildman–Crippen MR) is 65.3 cm³/mol. The molecule has 16 heavy (non-hydrogen) atoms. The van der Waals surface area contributed by atoms with Crippen molar-refractivity contribution in [2.45, 2.75) is 19.8 Å². The maximum Gasteiger partial charge on any atom is 0.164 e. The van der Waals surface area contributed by atoms with E-state index in [1.807, 2.05) is 6.07 Å². The maximum absolute atomic E-state index is 9.08. The Morgan fingerprint density at radius 2 is 2.06 bits per heavy atom. The highest BCUT2D eigenvalue weighted by Crippen LogP contribution is 2.40. The van der Waals surface area contributed by atoms with Crippen molar-refractivity contribution >= 4 is 15.9 Å². The van der Waals surface area contributed by atoms with Gasteiger partial charge in [0.1, 0.15) is 13.2 Å². The summed E-state index contributed by atoms with van der Waals surface area (Å²) in [6.07, 6.45) is 1.51. The number of aliphatic hydroxyl groups is 1. The average Bonchev–Trinajstić information content (AvgIpc) is 2.30. The fraction of sp³-hybridized carbons (Fsp3) is 0.500. The van der Waals surface area contributed by atoms with Crippen LogP contribution in [0.5, 0.6) is 11.5 Å². The van der Waals surface area contributed by atoms with Crippen LogP contribution in [-0.2, 0) is 12.8 Å². The molecular weight excluding hydrogens is 272 g/mol. The summed E-state index contributed by atoms with van der Waals surface area (Å²) in [4.78, 5) is 0. The van der Waals surface area contributed by atoms with Gasteiger partial charge in [-0.05, 0) is 24.5 Å². The summed E-state index contributed by atoms with van der Waals surface area (Å²) in [6, 6.07) is 1.93. The van der Waals surface area contributed by atoms with Gasteiger partial charge in [-0.1, -0.05) is 22.9 Å². The summed E-state index contributed by atoms with van der Waals surface area (Å²) in [6.45, 7) is 3.42. The molecule has 3 nitrogen and oxygen atoms in total. The van der Waals surface area contributed by atoms with E-state index in [1.165, 1.54) is 0 Å². The first-order valence-corrected chi connectivity index (χ1v) is 6.28. The molecule has 0 atom stereocenters. The zero-order valence-electron chi connectivity index (χ0n) is 9.25. The number of aliphatic hydroxyl groups excluding tert-OH is 1. The Morgan fingerprint density at radius 3 is 2.75 bits per heavy atom. The van der Waals surface area contributed by atoms with Gasteiger partial charge in [-0.15, -0.1) is 0 Å². The molecule has 1 heterocycles. The van der Waals surface area contributed by atoms with E-state index in [4.69, 9.17) is 14.6 Å². The van der Waals surface area contributed by atoms with Crippen molar-refractivity contribution in [1.29, 1.82) is 0 Å². The second kappa shape index (κ2) is 5.06. The summed E-state index contributed by atoms with van der Waals surface area (Å²) >= 11 is 3.52. The fourth-order valence-electron chi connectivity index (χ4n) is 2.01. The number of fused-ring (bicyclic) bond motifs is 1. The summed E-state index contributed by atoms with van der Waals surface area (Å²) in [5, 5.41) is 9.08. The van der Waals surface area contributed by atoms with Gasteiger partial charge in [-0.2, -0.15) is 0 Å². The largest absolute Gasteiger partial charge is 0.486 e. The molecule has 1 aromatic carbocycles. The zero-order chi connectivity index (χ0) is 11.5. The molecular formula is C12H15BrO3. The third-order valence-corrected chi connectivity index (χ3v) is 3.42. The standard InChI is InChI=1S/C12H15BrO3/c1-2-8-9(3-4-14)10(13)7-11-12(8)16-6-5-15-11/h7,14H,2-6H2,1H3. The number of benzene rings is 1. The summed E-state index contributed by atoms with van der Waals surface area (Å²) in [5.41, 5.74) is 2.26. The predicted octanol–water partition coefficient (Wildman–Crippen LogP) is 2.32. The van der Waals surface area contributed by atoms with Crippen LogP contribution in [-0.4, -0.2) is 24.9 Å². The third kappa shape index (κ3) is 2.04. The number of hydrogen-bond donors (Lipinski definition) is 1. The molecule has 0 fully saturated rings. The minimum atomic E-state index is 0.144. The van der Waals surface area contributed by atoms with Crippen molar-refractivity contribution in [3.63, 3.8) is 0 Å². The Hall–Kier alpha value is -0.740. The zero-order valence-corrected chi connectivity index (χ0v) is 10.8. The molecule has 1 aliphatic rings. The highest BCUT2D eigenvalue weighted by Gasteiger charge is 2.20. The number of rotatable bonds is 3. The fourth-order valence-corrected chi connectivity index (χ4v) is 2.66. The number of ether oxygens (including phenoxy) is 2. The van der Waals surface area contributed by atoms with Crippen molar-refractivity contribution in [1.82, 2.24) is 0 Å². The van der Waals surface area contributed by atoms with Crippen LogP contribution in [0.2, 0.25) is 0 Å². The number of halogens is 1. The first kappa shape index (κ1) is 11.7. The van der Waals surface area contributed by atoms with Crippen molar-refractivity contribution in [3.05, 3.63) is 21.7 Å². The van der Waals surface area contributed by atoms with Crippen LogP contribution in [0.1, 0.15) is 18.1 Å². The highest BCUT2D eigenvalue weighted by molar-refractivity contribution is 9.10. The molecule has 0 amide bonds. The van der Waals surface area contributed by atoms with Crippen molar-refractivity contribution in [3.8, 4) is 11.5 Å². The Bertz CT molecular complexity index is 390. The van der Waals surface area contributed by atoms with Crippen LogP contribution in [0.3, 0.4) is 0 Å². The molecule has 88 valence electrons. The molecule has 1 aromatic rings. The van der Waals surface area contributed by atoms with Gasteiger partial charge in [0.15, 0.2) is 11.5 Å². The van der Waals surface area contributed by atoms with Gasteiger partial charge in [-0.3, -0.25) is 0 Å². The van der Waals surface area contributed by atoms with Crippen LogP contribution >= 0.6 is 15.9 Å². The van der Waals surface area contributed by atoms with Gasteiger partial charge in [-0.25, -0.2) is 0 Å². The molecule has 0 aliphatic carbocycles. The smallest absolute Gasteiger partial charge is 0.164 e. The van der Waals surface area contributed by atoms with E-state index in [9.17, 15) is 0 Å². The van der Waals surface area contributed by atoms with E-state index in [1.54, 1.807) is 0 Å². The lowest BCUT2D eigenvalue weighted by Gasteiger charge is -2.23. The lowest BCUT2D eigenvalue weighted by molar-refractivity contribution is 0.169. The quantitative estimate of drug-likeness (QED) is 0.927. The summed E-state index contributed by atoms with van der Waals surface area (Å²) in [5.74, 6) is 1.65. The highest BCUT2D eigenvalue weighted by atomic mass is 79.9. The molecule has 0 unspecified atom stereocenters. The lowest BCUT2D eigenvalue weighted by Crippen LogP contribution is -2.17. The summed E-state index contributed by atoms with van der Waals surface area (Å²) in [7, 11) is 0. The maximum atomic E-state index is 9.08. The van der Waals surface area contributed by atoms with Gasteiger partial charge < -0.3 is 14.6 Å². The van der Waals surface area contributed by atoms with Gasteiger partial charge in [0.05, 0.1) is 0 Å². The number of hydrogen-bond acceptors (Lipinski definition) is 3. The molecule has 0 saturated heterocycles. The van der Waals surface area contributed by atoms with Gasteiger partial charge >= 0.3 is 0 Å². The van der Waals surface area contributed by atoms with Crippen LogP contribution in [0, 0.1) is 0 Å². The van der Waals surface area contributed by atoms with E-state index >= 15 is 0 Å². The molecule has 0 bridgehead atoms. The van der Waals surface area contributed by atoms with E-state index in [0.717, 1.165) is 33.5 Å². The Balaban J connectivity index is 2.52. The SMILES string of the molecule is CCc1c(CCO)c(Br)cc2c1OCCO2.